The number of imidazole rings is 1. The van der Waals surface area contributed by atoms with Gasteiger partial charge in [-0.2, -0.15) is 0 Å². The first kappa shape index (κ1) is 11.9. The molecule has 0 saturated carbocycles. The Balaban J connectivity index is 2.32. The molecule has 3 heteroatoms. The lowest BCUT2D eigenvalue weighted by molar-refractivity contribution is 0.907. The summed E-state index contributed by atoms with van der Waals surface area (Å²) in [5.74, 6) is 0.894. The van der Waals surface area contributed by atoms with Gasteiger partial charge in [-0.05, 0) is 31.5 Å². The lowest BCUT2D eigenvalue weighted by atomic mass is 10.0. The first-order valence-electron chi connectivity index (χ1n) is 6.44. The lowest BCUT2D eigenvalue weighted by Gasteiger charge is -2.11. The second kappa shape index (κ2) is 4.52. The minimum Gasteiger partial charge on any atom is -0.324 e. The monoisotopic (exact) mass is 251 g/mol. The van der Waals surface area contributed by atoms with Crippen molar-refractivity contribution in [2.45, 2.75) is 20.4 Å². The van der Waals surface area contributed by atoms with Crippen molar-refractivity contribution in [3.05, 3.63) is 59.5 Å². The molecule has 0 aliphatic heterocycles. The summed E-state index contributed by atoms with van der Waals surface area (Å²) in [6.07, 6.45) is 1.87. The molecule has 0 amide bonds. The van der Waals surface area contributed by atoms with E-state index in [0.29, 0.717) is 6.54 Å². The van der Waals surface area contributed by atoms with E-state index in [4.69, 9.17) is 5.73 Å². The van der Waals surface area contributed by atoms with Crippen molar-refractivity contribution >= 4 is 5.52 Å². The lowest BCUT2D eigenvalue weighted by Crippen LogP contribution is -2.05. The molecule has 3 nitrogen and oxygen atoms in total. The number of nitrogens with zero attached hydrogens (tertiary/aromatic N) is 2. The molecular formula is C16H17N3. The molecule has 0 bridgehead atoms. The molecule has 3 aromatic rings. The van der Waals surface area contributed by atoms with Crippen molar-refractivity contribution in [3.8, 4) is 11.3 Å². The maximum absolute atomic E-state index is 5.79. The van der Waals surface area contributed by atoms with Crippen molar-refractivity contribution in [2.75, 3.05) is 0 Å². The van der Waals surface area contributed by atoms with Crippen LogP contribution in [0.1, 0.15) is 17.0 Å². The maximum atomic E-state index is 5.79. The van der Waals surface area contributed by atoms with E-state index >= 15 is 0 Å². The van der Waals surface area contributed by atoms with E-state index in [1.165, 1.54) is 16.7 Å². The minimum atomic E-state index is 0.441. The first-order valence-corrected chi connectivity index (χ1v) is 6.44. The fourth-order valence-corrected chi connectivity index (χ4v) is 2.57. The molecule has 2 aromatic heterocycles. The van der Waals surface area contributed by atoms with Crippen LogP contribution in [0, 0.1) is 13.8 Å². The molecule has 0 fully saturated rings. The van der Waals surface area contributed by atoms with E-state index < -0.39 is 0 Å². The molecule has 96 valence electrons. The fourth-order valence-electron chi connectivity index (χ4n) is 2.57. The molecule has 0 unspecified atom stereocenters. The third-order valence-electron chi connectivity index (χ3n) is 3.46. The number of fused-ring (bicyclic) bond motifs is 1. The second-order valence-electron chi connectivity index (χ2n) is 4.87. The van der Waals surface area contributed by atoms with Crippen LogP contribution in [0.4, 0.5) is 0 Å². The van der Waals surface area contributed by atoms with Crippen LogP contribution in [0.5, 0.6) is 0 Å². The Kier molecular flexibility index (Phi) is 2.84. The number of hydrogen-bond acceptors (Lipinski definition) is 2. The number of hydrogen-bond donors (Lipinski definition) is 1. The van der Waals surface area contributed by atoms with Crippen LogP contribution in [0.3, 0.4) is 0 Å². The summed E-state index contributed by atoms with van der Waals surface area (Å²) in [6, 6.07) is 12.7. The van der Waals surface area contributed by atoms with Crippen LogP contribution >= 0.6 is 0 Å². The van der Waals surface area contributed by atoms with Gasteiger partial charge in [-0.25, -0.2) is 4.98 Å². The van der Waals surface area contributed by atoms with Crippen molar-refractivity contribution in [1.82, 2.24) is 9.38 Å². The Morgan fingerprint density at radius 1 is 1.16 bits per heavy atom. The highest BCUT2D eigenvalue weighted by molar-refractivity contribution is 5.68. The Labute approximate surface area is 112 Å². The topological polar surface area (TPSA) is 43.3 Å². The van der Waals surface area contributed by atoms with Gasteiger partial charge in [-0.15, -0.1) is 0 Å². The highest BCUT2D eigenvalue weighted by atomic mass is 15.0. The maximum Gasteiger partial charge on any atom is 0.127 e. The molecular weight excluding hydrogens is 234 g/mol. The van der Waals surface area contributed by atoms with Gasteiger partial charge in [-0.1, -0.05) is 29.8 Å². The van der Waals surface area contributed by atoms with Crippen LogP contribution in [0.15, 0.2) is 42.6 Å². The summed E-state index contributed by atoms with van der Waals surface area (Å²) in [5, 5.41) is 0. The van der Waals surface area contributed by atoms with Crippen molar-refractivity contribution in [2.24, 2.45) is 5.73 Å². The molecule has 3 rings (SSSR count). The summed E-state index contributed by atoms with van der Waals surface area (Å²) < 4.78 is 2.14. The van der Waals surface area contributed by atoms with Crippen molar-refractivity contribution in [3.63, 3.8) is 0 Å². The average molecular weight is 251 g/mol. The number of aromatic nitrogens is 2. The highest BCUT2D eigenvalue weighted by Gasteiger charge is 2.09. The average Bonchev–Trinajstić information content (AvgIpc) is 2.82. The van der Waals surface area contributed by atoms with Gasteiger partial charge in [0.25, 0.3) is 0 Å². The molecule has 0 aliphatic carbocycles. The first-order chi connectivity index (χ1) is 9.20. The third-order valence-corrected chi connectivity index (χ3v) is 3.46. The van der Waals surface area contributed by atoms with Crippen LogP contribution in [-0.4, -0.2) is 9.38 Å². The predicted octanol–water partition coefficient (Wildman–Crippen LogP) is 3.08. The zero-order chi connectivity index (χ0) is 13.4. The molecule has 0 radical (unpaired) electrons. The van der Waals surface area contributed by atoms with Gasteiger partial charge in [0, 0.05) is 5.56 Å². The summed E-state index contributed by atoms with van der Waals surface area (Å²) >= 11 is 0. The van der Waals surface area contributed by atoms with Crippen LogP contribution < -0.4 is 5.73 Å². The fraction of sp³-hybridized carbons (Fsp3) is 0.188. The van der Waals surface area contributed by atoms with E-state index in [0.717, 1.165) is 17.0 Å². The van der Waals surface area contributed by atoms with Gasteiger partial charge in [0.1, 0.15) is 5.82 Å². The Hall–Kier alpha value is -2.13. The Bertz CT molecular complexity index is 741. The predicted molar refractivity (Wildman–Crippen MR) is 78.0 cm³/mol. The zero-order valence-electron chi connectivity index (χ0n) is 11.2. The number of benzene rings is 1. The summed E-state index contributed by atoms with van der Waals surface area (Å²) in [6.45, 7) is 4.69. The second-order valence-corrected chi connectivity index (χ2v) is 4.87. The van der Waals surface area contributed by atoms with Gasteiger partial charge >= 0.3 is 0 Å². The smallest absolute Gasteiger partial charge is 0.127 e. The number of pyridine rings is 1. The normalized spacial score (nSPS) is 11.1. The number of aryl methyl sites for hydroxylation is 2. The van der Waals surface area contributed by atoms with Gasteiger partial charge in [-0.3, -0.25) is 4.40 Å². The molecule has 0 saturated heterocycles. The molecule has 2 heterocycles. The number of rotatable bonds is 2. The molecule has 0 spiro atoms. The van der Waals surface area contributed by atoms with Gasteiger partial charge in [0.15, 0.2) is 0 Å². The Morgan fingerprint density at radius 2 is 2.00 bits per heavy atom. The SMILES string of the molecule is Cc1ccc(-c2cccc3cnc(CN)n23)c(C)c1. The summed E-state index contributed by atoms with van der Waals surface area (Å²) in [4.78, 5) is 4.39. The van der Waals surface area contributed by atoms with Gasteiger partial charge < -0.3 is 5.73 Å². The largest absolute Gasteiger partial charge is 0.324 e. The van der Waals surface area contributed by atoms with E-state index in [-0.39, 0.29) is 0 Å². The quantitative estimate of drug-likeness (QED) is 0.760. The summed E-state index contributed by atoms with van der Waals surface area (Å²) in [5.41, 5.74) is 11.8. The molecule has 0 atom stereocenters. The number of nitrogens with two attached hydrogens (primary N) is 1. The van der Waals surface area contributed by atoms with Crippen LogP contribution in [-0.2, 0) is 6.54 Å². The van der Waals surface area contributed by atoms with Crippen LogP contribution in [0.2, 0.25) is 0 Å². The van der Waals surface area contributed by atoms with Gasteiger partial charge in [0.2, 0.25) is 0 Å². The molecule has 2 N–H and O–H groups in total. The molecule has 19 heavy (non-hydrogen) atoms. The highest BCUT2D eigenvalue weighted by Crippen LogP contribution is 2.26. The van der Waals surface area contributed by atoms with E-state index in [1.54, 1.807) is 0 Å². The van der Waals surface area contributed by atoms with E-state index in [1.807, 2.05) is 6.20 Å². The standard InChI is InChI=1S/C16H17N3/c1-11-6-7-14(12(2)8-11)15-5-3-4-13-10-18-16(9-17)19(13)15/h3-8,10H,9,17H2,1-2H3. The zero-order valence-corrected chi connectivity index (χ0v) is 11.2. The van der Waals surface area contributed by atoms with Gasteiger partial charge in [0.05, 0.1) is 24.0 Å². The minimum absolute atomic E-state index is 0.441. The van der Waals surface area contributed by atoms with E-state index in [2.05, 4.69) is 59.6 Å². The molecule has 1 aromatic carbocycles. The van der Waals surface area contributed by atoms with E-state index in [9.17, 15) is 0 Å². The Morgan fingerprint density at radius 3 is 2.74 bits per heavy atom. The molecule has 0 aliphatic rings. The van der Waals surface area contributed by atoms with Crippen LogP contribution in [0.25, 0.3) is 16.8 Å². The van der Waals surface area contributed by atoms with Crippen molar-refractivity contribution < 1.29 is 0 Å². The van der Waals surface area contributed by atoms with Crippen molar-refractivity contribution in [1.29, 1.82) is 0 Å². The third kappa shape index (κ3) is 1.92. The summed E-state index contributed by atoms with van der Waals surface area (Å²) in [7, 11) is 0.